The molecule has 4 heteroatoms. The number of halogens is 1. The van der Waals surface area contributed by atoms with Crippen LogP contribution in [-0.2, 0) is 12.6 Å². The summed E-state index contributed by atoms with van der Waals surface area (Å²) in [5, 5.41) is 0. The summed E-state index contributed by atoms with van der Waals surface area (Å²) in [5.74, 6) is 3.91. The quantitative estimate of drug-likeness (QED) is 0.409. The van der Waals surface area contributed by atoms with Crippen LogP contribution in [0.4, 0.5) is 0 Å². The van der Waals surface area contributed by atoms with E-state index < -0.39 is 0 Å². The molecule has 0 aromatic heterocycles. The Bertz CT molecular complexity index is 505. The van der Waals surface area contributed by atoms with Crippen LogP contribution in [0.5, 0.6) is 0 Å². The maximum atomic E-state index is 11.3. The maximum Gasteiger partial charge on any atom is 0.192 e. The fraction of sp³-hybridized carbons (Fsp3) is 0.850. The zero-order valence-corrected chi connectivity index (χ0v) is 17.4. The number of hydrogen-bond donors (Lipinski definition) is 0. The van der Waals surface area contributed by atoms with E-state index in [2.05, 4.69) is 42.9 Å². The fourth-order valence-corrected chi connectivity index (χ4v) is 7.08. The number of aldehydes is 1. The average Bonchev–Trinajstić information content (AvgIpc) is 2.92. The highest BCUT2D eigenvalue weighted by Crippen LogP contribution is 2.65. The van der Waals surface area contributed by atoms with Gasteiger partial charge in [0.05, 0.1) is 0 Å². The monoisotopic (exact) mass is 446 g/mol. The van der Waals surface area contributed by atoms with Crippen molar-refractivity contribution in [2.24, 2.45) is 34.5 Å². The zero-order chi connectivity index (χ0) is 17.4. The first kappa shape index (κ1) is 18.7. The van der Waals surface area contributed by atoms with Crippen molar-refractivity contribution in [3.05, 3.63) is 11.8 Å². The molecular formula is C20H31IO3. The fourth-order valence-electron chi connectivity index (χ4n) is 6.40. The van der Waals surface area contributed by atoms with E-state index in [1.807, 2.05) is 0 Å². The molecule has 3 aliphatic rings. The molecule has 24 heavy (non-hydrogen) atoms. The second kappa shape index (κ2) is 7.26. The summed E-state index contributed by atoms with van der Waals surface area (Å²) < 4.78 is 11.1. The summed E-state index contributed by atoms with van der Waals surface area (Å²) in [4.78, 5) is 11.3. The topological polar surface area (TPSA) is 35.5 Å². The molecule has 3 nitrogen and oxygen atoms in total. The van der Waals surface area contributed by atoms with E-state index in [1.165, 1.54) is 31.4 Å². The molecular weight excluding hydrogens is 415 g/mol. The summed E-state index contributed by atoms with van der Waals surface area (Å²) in [5.41, 5.74) is 0.455. The molecule has 136 valence electrons. The van der Waals surface area contributed by atoms with Gasteiger partial charge in [-0.05, 0) is 73.7 Å². The van der Waals surface area contributed by atoms with Gasteiger partial charge < -0.3 is 12.6 Å². The van der Waals surface area contributed by atoms with Gasteiger partial charge in [-0.25, -0.2) is 0 Å². The minimum Gasteiger partial charge on any atom is -0.432 e. The molecule has 2 saturated carbocycles. The molecule has 0 amide bonds. The van der Waals surface area contributed by atoms with Gasteiger partial charge >= 0.3 is 0 Å². The third-order valence-electron chi connectivity index (χ3n) is 7.88. The predicted molar refractivity (Wildman–Crippen MR) is 104 cm³/mol. The number of hydrogen-bond acceptors (Lipinski definition) is 3. The van der Waals surface area contributed by atoms with Gasteiger partial charge in [0.15, 0.2) is 23.0 Å². The van der Waals surface area contributed by atoms with E-state index in [0.29, 0.717) is 24.2 Å². The van der Waals surface area contributed by atoms with E-state index in [4.69, 9.17) is 7.80 Å². The van der Waals surface area contributed by atoms with Gasteiger partial charge in [-0.2, -0.15) is 0 Å². The van der Waals surface area contributed by atoms with Crippen LogP contribution in [-0.4, -0.2) is 20.0 Å². The molecule has 0 N–H and O–H groups in total. The molecule has 6 unspecified atom stereocenters. The molecule has 6 atom stereocenters. The Labute approximate surface area is 160 Å². The smallest absolute Gasteiger partial charge is 0.192 e. The van der Waals surface area contributed by atoms with Gasteiger partial charge in [0, 0.05) is 25.6 Å². The Morgan fingerprint density at radius 1 is 1.29 bits per heavy atom. The number of carbonyl (C=O) groups excluding carboxylic acids is 1. The first-order valence-corrected chi connectivity index (χ1v) is 10.3. The van der Waals surface area contributed by atoms with Crippen molar-refractivity contribution in [1.29, 1.82) is 0 Å². The summed E-state index contributed by atoms with van der Waals surface area (Å²) in [6.45, 7) is 5.66. The van der Waals surface area contributed by atoms with Crippen LogP contribution in [0.3, 0.4) is 0 Å². The Hall–Kier alpha value is -0.100. The van der Waals surface area contributed by atoms with Crippen molar-refractivity contribution < 1.29 is 12.6 Å². The lowest BCUT2D eigenvalue weighted by Gasteiger charge is -2.58. The molecule has 0 spiro atoms. The first-order chi connectivity index (χ1) is 11.5. The standard InChI is InChI=1S/C20H31IO3/c1-19(11-13-23-3)14(9-12-22)4-5-15-16-6-7-18(24-21)20(16,2)10-8-17(15)19/h7,12,14-17H,4-6,8-11,13H2,1-3H3. The van der Waals surface area contributed by atoms with Gasteiger partial charge in [0.25, 0.3) is 0 Å². The highest BCUT2D eigenvalue weighted by molar-refractivity contribution is 14.1. The van der Waals surface area contributed by atoms with Gasteiger partial charge in [-0.1, -0.05) is 13.8 Å². The van der Waals surface area contributed by atoms with Crippen LogP contribution in [0, 0.1) is 34.5 Å². The highest BCUT2D eigenvalue weighted by atomic mass is 127. The van der Waals surface area contributed by atoms with Crippen molar-refractivity contribution in [2.45, 2.75) is 58.8 Å². The third kappa shape index (κ3) is 2.85. The average molecular weight is 446 g/mol. The number of allylic oxidation sites excluding steroid dienone is 2. The van der Waals surface area contributed by atoms with Gasteiger partial charge in [-0.3, -0.25) is 0 Å². The molecule has 0 heterocycles. The molecule has 0 saturated heterocycles. The minimum absolute atomic E-state index is 0.224. The normalized spacial score (nSPS) is 44.4. The van der Waals surface area contributed by atoms with Gasteiger partial charge in [-0.15, -0.1) is 0 Å². The van der Waals surface area contributed by atoms with Crippen LogP contribution >= 0.6 is 23.0 Å². The van der Waals surface area contributed by atoms with Crippen LogP contribution in [0.25, 0.3) is 0 Å². The Morgan fingerprint density at radius 3 is 2.75 bits per heavy atom. The third-order valence-corrected chi connectivity index (χ3v) is 8.36. The summed E-state index contributed by atoms with van der Waals surface area (Å²) in [6.07, 6.45) is 11.4. The molecule has 0 aromatic rings. The summed E-state index contributed by atoms with van der Waals surface area (Å²) in [6, 6.07) is 0. The summed E-state index contributed by atoms with van der Waals surface area (Å²) >= 11 is 2.05. The van der Waals surface area contributed by atoms with E-state index in [-0.39, 0.29) is 10.8 Å². The number of carbonyl (C=O) groups is 1. The van der Waals surface area contributed by atoms with Crippen LogP contribution in [0.15, 0.2) is 11.8 Å². The van der Waals surface area contributed by atoms with E-state index in [0.717, 1.165) is 31.7 Å². The largest absolute Gasteiger partial charge is 0.432 e. The molecule has 0 radical (unpaired) electrons. The van der Waals surface area contributed by atoms with Crippen molar-refractivity contribution in [2.75, 3.05) is 13.7 Å². The highest BCUT2D eigenvalue weighted by Gasteiger charge is 2.58. The predicted octanol–water partition coefficient (Wildman–Crippen LogP) is 5.33. The Kier molecular flexibility index (Phi) is 5.65. The number of ether oxygens (including phenoxy) is 1. The molecule has 0 aromatic carbocycles. The van der Waals surface area contributed by atoms with Crippen molar-refractivity contribution in [3.63, 3.8) is 0 Å². The van der Waals surface area contributed by atoms with Gasteiger partial charge in [0.2, 0.25) is 0 Å². The lowest BCUT2D eigenvalue weighted by molar-refractivity contribution is -0.118. The lowest BCUT2D eigenvalue weighted by atomic mass is 9.46. The van der Waals surface area contributed by atoms with E-state index >= 15 is 0 Å². The molecule has 2 fully saturated rings. The van der Waals surface area contributed by atoms with E-state index in [9.17, 15) is 4.79 Å². The van der Waals surface area contributed by atoms with Gasteiger partial charge in [0.1, 0.15) is 12.0 Å². The van der Waals surface area contributed by atoms with Crippen LogP contribution in [0.1, 0.15) is 58.8 Å². The Balaban J connectivity index is 1.86. The second-order valence-corrected chi connectivity index (χ2v) is 9.08. The van der Waals surface area contributed by atoms with Crippen LogP contribution in [0.2, 0.25) is 0 Å². The lowest BCUT2D eigenvalue weighted by Crippen LogP contribution is -2.52. The van der Waals surface area contributed by atoms with E-state index in [1.54, 1.807) is 7.11 Å². The number of rotatable bonds is 6. The van der Waals surface area contributed by atoms with Crippen molar-refractivity contribution in [1.82, 2.24) is 0 Å². The van der Waals surface area contributed by atoms with Crippen molar-refractivity contribution in [3.8, 4) is 0 Å². The SMILES string of the molecule is COCCC1(C)C(CC=O)CCC2C3CC=C(OI)C3(C)CCC21. The second-order valence-electron chi connectivity index (χ2n) is 8.64. The first-order valence-electron chi connectivity index (χ1n) is 9.43. The number of methoxy groups -OCH3 is 1. The maximum absolute atomic E-state index is 11.3. The summed E-state index contributed by atoms with van der Waals surface area (Å²) in [7, 11) is 1.79. The molecule has 0 bridgehead atoms. The molecule has 3 aliphatic carbocycles. The number of fused-ring (bicyclic) bond motifs is 3. The molecule has 3 rings (SSSR count). The van der Waals surface area contributed by atoms with Crippen molar-refractivity contribution >= 4 is 29.3 Å². The Morgan fingerprint density at radius 2 is 2.08 bits per heavy atom. The van der Waals surface area contributed by atoms with Crippen LogP contribution < -0.4 is 0 Å². The molecule has 0 aliphatic heterocycles. The zero-order valence-electron chi connectivity index (χ0n) is 15.2. The minimum atomic E-state index is 0.224.